The Bertz CT molecular complexity index is 715. The quantitative estimate of drug-likeness (QED) is 0.713. The number of aromatic nitrogens is 2. The minimum absolute atomic E-state index is 0.163. The molecule has 1 amide bonds. The van der Waals surface area contributed by atoms with Crippen molar-refractivity contribution in [2.24, 2.45) is 0 Å². The molecule has 0 bridgehead atoms. The van der Waals surface area contributed by atoms with E-state index in [1.807, 2.05) is 25.1 Å². The molecule has 26 heavy (non-hydrogen) atoms. The van der Waals surface area contributed by atoms with Gasteiger partial charge in [-0.1, -0.05) is 30.3 Å². The second-order valence-electron chi connectivity index (χ2n) is 6.58. The fraction of sp³-hybridized carbons (Fsp3) is 0.450. The highest BCUT2D eigenvalue weighted by Crippen LogP contribution is 2.13. The Hall–Kier alpha value is -2.47. The van der Waals surface area contributed by atoms with Crippen molar-refractivity contribution in [2.45, 2.75) is 38.7 Å². The lowest BCUT2D eigenvalue weighted by atomic mass is 10.1. The summed E-state index contributed by atoms with van der Waals surface area (Å²) in [5.41, 5.74) is 2.44. The highest BCUT2D eigenvalue weighted by molar-refractivity contribution is 5.92. The van der Waals surface area contributed by atoms with Gasteiger partial charge in [-0.15, -0.1) is 0 Å². The van der Waals surface area contributed by atoms with E-state index in [1.165, 1.54) is 5.56 Å². The van der Waals surface area contributed by atoms with Gasteiger partial charge in [0.05, 0.1) is 6.10 Å². The van der Waals surface area contributed by atoms with Crippen molar-refractivity contribution in [2.75, 3.05) is 25.0 Å². The zero-order valence-electron chi connectivity index (χ0n) is 15.2. The number of amides is 1. The van der Waals surface area contributed by atoms with Gasteiger partial charge in [-0.05, 0) is 44.2 Å². The first-order valence-corrected chi connectivity index (χ1v) is 9.24. The van der Waals surface area contributed by atoms with Crippen molar-refractivity contribution < 1.29 is 9.53 Å². The number of hydrogen-bond donors (Lipinski definition) is 2. The molecule has 0 aliphatic carbocycles. The molecular weight excluding hydrogens is 328 g/mol. The number of nitrogens with zero attached hydrogens (tertiary/aromatic N) is 2. The van der Waals surface area contributed by atoms with Crippen LogP contribution in [0.25, 0.3) is 0 Å². The first kappa shape index (κ1) is 18.3. The predicted molar refractivity (Wildman–Crippen MR) is 101 cm³/mol. The molecule has 0 spiro atoms. The minimum Gasteiger partial charge on any atom is -0.376 e. The Balaban J connectivity index is 1.48. The number of nitrogens with one attached hydrogen (secondary N) is 2. The lowest BCUT2D eigenvalue weighted by Crippen LogP contribution is -2.27. The van der Waals surface area contributed by atoms with Crippen LogP contribution in [-0.2, 0) is 11.2 Å². The van der Waals surface area contributed by atoms with E-state index in [2.05, 4.69) is 32.7 Å². The smallest absolute Gasteiger partial charge is 0.270 e. The molecular formula is C20H26N4O2. The molecule has 1 aromatic heterocycles. The Morgan fingerprint density at radius 3 is 2.88 bits per heavy atom. The second kappa shape index (κ2) is 9.29. The Morgan fingerprint density at radius 2 is 2.12 bits per heavy atom. The molecule has 1 fully saturated rings. The largest absolute Gasteiger partial charge is 0.376 e. The van der Waals surface area contributed by atoms with Gasteiger partial charge < -0.3 is 15.4 Å². The van der Waals surface area contributed by atoms with Gasteiger partial charge in [0.2, 0.25) is 5.95 Å². The predicted octanol–water partition coefficient (Wildman–Crippen LogP) is 2.74. The molecule has 3 rings (SSSR count). The molecule has 1 aliphatic rings. The number of ether oxygens (including phenoxy) is 1. The SMILES string of the molecule is Cc1cc(C(=O)NCCCc2ccccc2)nc(NCC2CCCO2)n1. The van der Waals surface area contributed by atoms with Gasteiger partial charge >= 0.3 is 0 Å². The number of carbonyl (C=O) groups is 1. The lowest BCUT2D eigenvalue weighted by molar-refractivity contribution is 0.0948. The highest BCUT2D eigenvalue weighted by atomic mass is 16.5. The molecule has 0 radical (unpaired) electrons. The number of aryl methyl sites for hydroxylation is 2. The molecule has 6 heteroatoms. The Labute approximate surface area is 154 Å². The van der Waals surface area contributed by atoms with E-state index >= 15 is 0 Å². The fourth-order valence-electron chi connectivity index (χ4n) is 3.00. The molecule has 1 atom stereocenters. The van der Waals surface area contributed by atoms with Crippen LogP contribution in [0.1, 0.15) is 41.0 Å². The second-order valence-corrected chi connectivity index (χ2v) is 6.58. The minimum atomic E-state index is -0.163. The summed E-state index contributed by atoms with van der Waals surface area (Å²) in [6.07, 6.45) is 4.18. The topological polar surface area (TPSA) is 76.1 Å². The van der Waals surface area contributed by atoms with E-state index in [0.29, 0.717) is 24.7 Å². The van der Waals surface area contributed by atoms with Gasteiger partial charge in [-0.25, -0.2) is 9.97 Å². The monoisotopic (exact) mass is 354 g/mol. The van der Waals surface area contributed by atoms with Gasteiger partial charge in [0.15, 0.2) is 0 Å². The third kappa shape index (κ3) is 5.52. The number of anilines is 1. The van der Waals surface area contributed by atoms with Crippen LogP contribution in [-0.4, -0.2) is 41.7 Å². The van der Waals surface area contributed by atoms with Gasteiger partial charge in [0.25, 0.3) is 5.91 Å². The van der Waals surface area contributed by atoms with E-state index in [1.54, 1.807) is 6.07 Å². The van der Waals surface area contributed by atoms with E-state index in [0.717, 1.165) is 38.0 Å². The fourth-order valence-corrected chi connectivity index (χ4v) is 3.00. The zero-order valence-corrected chi connectivity index (χ0v) is 15.2. The van der Waals surface area contributed by atoms with Gasteiger partial charge in [-0.3, -0.25) is 4.79 Å². The maximum absolute atomic E-state index is 12.4. The Kier molecular flexibility index (Phi) is 6.55. The standard InChI is InChI=1S/C20H26N4O2/c1-15-13-18(24-20(23-15)22-14-17-10-6-12-26-17)19(25)21-11-5-9-16-7-3-2-4-8-16/h2-4,7-8,13,17H,5-6,9-12,14H2,1H3,(H,21,25)(H,22,23,24). The molecule has 1 aromatic carbocycles. The summed E-state index contributed by atoms with van der Waals surface area (Å²) < 4.78 is 5.59. The maximum Gasteiger partial charge on any atom is 0.270 e. The Morgan fingerprint density at radius 1 is 1.27 bits per heavy atom. The molecule has 1 unspecified atom stereocenters. The average Bonchev–Trinajstić information content (AvgIpc) is 3.17. The van der Waals surface area contributed by atoms with E-state index in [-0.39, 0.29) is 12.0 Å². The summed E-state index contributed by atoms with van der Waals surface area (Å²) >= 11 is 0. The van der Waals surface area contributed by atoms with Crippen molar-refractivity contribution in [3.8, 4) is 0 Å². The summed E-state index contributed by atoms with van der Waals surface area (Å²) in [6.45, 7) is 3.97. The summed E-state index contributed by atoms with van der Waals surface area (Å²) in [5.74, 6) is 0.318. The van der Waals surface area contributed by atoms with Crippen molar-refractivity contribution in [1.29, 1.82) is 0 Å². The number of carbonyl (C=O) groups excluding carboxylic acids is 1. The van der Waals surface area contributed by atoms with E-state index in [4.69, 9.17) is 4.74 Å². The van der Waals surface area contributed by atoms with Crippen LogP contribution < -0.4 is 10.6 Å². The van der Waals surface area contributed by atoms with Crippen LogP contribution in [0.15, 0.2) is 36.4 Å². The van der Waals surface area contributed by atoms with Crippen LogP contribution in [0, 0.1) is 6.92 Å². The van der Waals surface area contributed by atoms with Crippen LogP contribution >= 0.6 is 0 Å². The van der Waals surface area contributed by atoms with Gasteiger partial charge in [0.1, 0.15) is 5.69 Å². The van der Waals surface area contributed by atoms with Crippen LogP contribution in [0.3, 0.4) is 0 Å². The van der Waals surface area contributed by atoms with Crippen molar-refractivity contribution in [3.63, 3.8) is 0 Å². The summed E-state index contributed by atoms with van der Waals surface area (Å²) in [7, 11) is 0. The summed E-state index contributed by atoms with van der Waals surface area (Å²) in [6, 6.07) is 12.0. The molecule has 138 valence electrons. The van der Waals surface area contributed by atoms with Crippen LogP contribution in [0.5, 0.6) is 0 Å². The summed E-state index contributed by atoms with van der Waals surface area (Å²) in [5, 5.41) is 6.12. The van der Waals surface area contributed by atoms with Crippen molar-refractivity contribution in [1.82, 2.24) is 15.3 Å². The van der Waals surface area contributed by atoms with Crippen LogP contribution in [0.2, 0.25) is 0 Å². The third-order valence-corrected chi connectivity index (χ3v) is 4.37. The average molecular weight is 354 g/mol. The molecule has 1 aliphatic heterocycles. The number of hydrogen-bond acceptors (Lipinski definition) is 5. The molecule has 2 aromatic rings. The van der Waals surface area contributed by atoms with E-state index in [9.17, 15) is 4.79 Å². The van der Waals surface area contributed by atoms with Gasteiger partial charge in [-0.2, -0.15) is 0 Å². The van der Waals surface area contributed by atoms with Crippen molar-refractivity contribution >= 4 is 11.9 Å². The van der Waals surface area contributed by atoms with E-state index < -0.39 is 0 Å². The summed E-state index contributed by atoms with van der Waals surface area (Å²) in [4.78, 5) is 21.1. The van der Waals surface area contributed by atoms with Crippen LogP contribution in [0.4, 0.5) is 5.95 Å². The molecule has 0 saturated carbocycles. The first-order valence-electron chi connectivity index (χ1n) is 9.24. The molecule has 2 heterocycles. The molecule has 1 saturated heterocycles. The number of rotatable bonds is 8. The molecule has 6 nitrogen and oxygen atoms in total. The van der Waals surface area contributed by atoms with Crippen molar-refractivity contribution in [3.05, 3.63) is 53.3 Å². The first-order chi connectivity index (χ1) is 12.7. The normalized spacial score (nSPS) is 16.4. The third-order valence-electron chi connectivity index (χ3n) is 4.37. The number of benzene rings is 1. The maximum atomic E-state index is 12.4. The highest BCUT2D eigenvalue weighted by Gasteiger charge is 2.16. The lowest BCUT2D eigenvalue weighted by Gasteiger charge is -2.12. The van der Waals surface area contributed by atoms with Gasteiger partial charge in [0, 0.05) is 25.4 Å². The zero-order chi connectivity index (χ0) is 18.2. The molecule has 2 N–H and O–H groups in total.